The van der Waals surface area contributed by atoms with E-state index in [2.05, 4.69) is 50.7 Å². The summed E-state index contributed by atoms with van der Waals surface area (Å²) in [4.78, 5) is 34.2. The number of anilines is 1. The van der Waals surface area contributed by atoms with Crippen molar-refractivity contribution >= 4 is 39.7 Å². The van der Waals surface area contributed by atoms with Crippen LogP contribution < -0.4 is 9.64 Å². The van der Waals surface area contributed by atoms with E-state index in [1.54, 1.807) is 12.1 Å². The number of nitrogens with zero attached hydrogens (tertiary/aromatic N) is 4. The van der Waals surface area contributed by atoms with Crippen molar-refractivity contribution in [1.82, 2.24) is 14.5 Å². The van der Waals surface area contributed by atoms with E-state index in [1.165, 1.54) is 23.5 Å². The molecule has 0 unspecified atom stereocenters. The summed E-state index contributed by atoms with van der Waals surface area (Å²) in [6.45, 7) is 4.10. The van der Waals surface area contributed by atoms with Gasteiger partial charge in [-0.15, -0.1) is 0 Å². The normalized spacial score (nSPS) is 17.4. The molecule has 11 nitrogen and oxygen atoms in total. The lowest BCUT2D eigenvalue weighted by molar-refractivity contribution is -0.0664. The molecule has 0 atom stereocenters. The Hall–Kier alpha value is -4.84. The zero-order valence-electron chi connectivity index (χ0n) is 28.5. The van der Waals surface area contributed by atoms with Gasteiger partial charge >= 0.3 is 5.97 Å². The highest BCUT2D eigenvalue weighted by Crippen LogP contribution is 2.32. The average Bonchev–Trinajstić information content (AvgIpc) is 3.40. The first-order chi connectivity index (χ1) is 24.5. The zero-order chi connectivity index (χ0) is 34.5. The van der Waals surface area contributed by atoms with E-state index < -0.39 is 5.97 Å². The molecule has 11 heteroatoms. The Balaban J connectivity index is 0.726. The zero-order valence-corrected chi connectivity index (χ0v) is 28.5. The molecule has 50 heavy (non-hydrogen) atoms. The second-order valence-electron chi connectivity index (χ2n) is 12.9. The van der Waals surface area contributed by atoms with Crippen LogP contribution >= 0.6 is 0 Å². The maximum absolute atomic E-state index is 11.8. The van der Waals surface area contributed by atoms with Crippen LogP contribution in [0, 0.1) is 0 Å². The topological polar surface area (TPSA) is 114 Å². The molecule has 1 aliphatic heterocycles. The summed E-state index contributed by atoms with van der Waals surface area (Å²) in [6.07, 6.45) is 10.2. The van der Waals surface area contributed by atoms with Crippen molar-refractivity contribution in [3.63, 3.8) is 0 Å². The maximum atomic E-state index is 11.8. The minimum atomic E-state index is -0.516. The summed E-state index contributed by atoms with van der Waals surface area (Å²) < 4.78 is 30.7. The van der Waals surface area contributed by atoms with Gasteiger partial charge in [0.1, 0.15) is 6.10 Å². The quantitative estimate of drug-likeness (QED) is 0.0698. The summed E-state index contributed by atoms with van der Waals surface area (Å²) in [5.41, 5.74) is 6.00. The van der Waals surface area contributed by atoms with Crippen LogP contribution in [0.15, 0.2) is 73.2 Å². The predicted octanol–water partition coefficient (Wildman–Crippen LogP) is 6.02. The third-order valence-electron chi connectivity index (χ3n) is 9.57. The van der Waals surface area contributed by atoms with Gasteiger partial charge in [0.15, 0.2) is 6.29 Å². The van der Waals surface area contributed by atoms with Crippen molar-refractivity contribution in [2.24, 2.45) is 7.05 Å². The Kier molecular flexibility index (Phi) is 10.3. The predicted molar refractivity (Wildman–Crippen MR) is 190 cm³/mol. The molecule has 4 heterocycles. The first-order valence-corrected chi connectivity index (χ1v) is 17.2. The molecule has 1 saturated carbocycles. The largest absolute Gasteiger partial charge is 0.474 e. The van der Waals surface area contributed by atoms with Crippen LogP contribution in [0.5, 0.6) is 5.88 Å². The number of aryl methyl sites for hydroxylation is 1. The van der Waals surface area contributed by atoms with Gasteiger partial charge < -0.3 is 33.2 Å². The van der Waals surface area contributed by atoms with E-state index in [-0.39, 0.29) is 23.9 Å². The highest BCUT2D eigenvalue weighted by Gasteiger charge is 2.32. The van der Waals surface area contributed by atoms with E-state index in [0.29, 0.717) is 44.2 Å². The Labute approximate surface area is 291 Å². The van der Waals surface area contributed by atoms with Gasteiger partial charge in [0.2, 0.25) is 5.88 Å². The Bertz CT molecular complexity index is 1950. The number of aldehydes is 1. The van der Waals surface area contributed by atoms with Gasteiger partial charge in [-0.25, -0.2) is 9.78 Å². The maximum Gasteiger partial charge on any atom is 0.338 e. The minimum absolute atomic E-state index is 0.124. The number of hydrogen-bond acceptors (Lipinski definition) is 10. The molecule has 0 bridgehead atoms. The number of pyridine rings is 2. The first-order valence-electron chi connectivity index (χ1n) is 17.2. The third kappa shape index (κ3) is 7.35. The number of carbonyl (C=O) groups is 2. The van der Waals surface area contributed by atoms with E-state index >= 15 is 0 Å². The van der Waals surface area contributed by atoms with Gasteiger partial charge in [-0.2, -0.15) is 0 Å². The fourth-order valence-electron chi connectivity index (χ4n) is 6.59. The van der Waals surface area contributed by atoms with Gasteiger partial charge in [0, 0.05) is 117 Å². The molecule has 0 radical (unpaired) electrons. The average molecular weight is 679 g/mol. The summed E-state index contributed by atoms with van der Waals surface area (Å²) >= 11 is 0. The minimum Gasteiger partial charge on any atom is -0.474 e. The molecule has 5 aromatic rings. The van der Waals surface area contributed by atoms with Gasteiger partial charge in [0.05, 0.1) is 30.4 Å². The Morgan fingerprint density at radius 1 is 0.840 bits per heavy atom. The molecule has 1 aliphatic carbocycles. The van der Waals surface area contributed by atoms with Crippen LogP contribution in [0.2, 0.25) is 0 Å². The van der Waals surface area contributed by atoms with E-state index in [9.17, 15) is 9.59 Å². The number of aromatic nitrogens is 3. The molecule has 7 rings (SSSR count). The van der Waals surface area contributed by atoms with Crippen LogP contribution in [-0.2, 0) is 26.0 Å². The number of fused-ring (bicyclic) bond motifs is 3. The molecule has 0 amide bonds. The summed E-state index contributed by atoms with van der Waals surface area (Å²) in [5, 5.41) is 2.36. The first kappa shape index (κ1) is 33.6. The van der Waals surface area contributed by atoms with Crippen LogP contribution in [-0.4, -0.2) is 91.7 Å². The van der Waals surface area contributed by atoms with E-state index in [4.69, 9.17) is 23.7 Å². The molecule has 2 aliphatic rings. The standard InChI is InChI=1S/C39H42N4O7/c1-42-36-11-12-40-22-35(36)34-8-5-26(18-37(34)42)27-6-10-38(41-21-27)50-31-19-30(20-31)48-15-3-13-47-14-4-16-49-32-23-43(24-32)29-7-9-33(39(45)46-2)28(17-29)25-44/h5-12,17-18,21-22,25,30-32H,3-4,13-16,19-20,23-24H2,1-2H3. The highest BCUT2D eigenvalue weighted by atomic mass is 16.5. The number of carbonyl (C=O) groups excluding carboxylic acids is 2. The SMILES string of the molecule is COC(=O)c1ccc(N2CC(OCCCOCCCOC3CC(Oc4ccc(-c5ccc6c7cnccc7n(C)c6c5)cn4)C3)C2)cc1C=O. The molecule has 2 fully saturated rings. The second kappa shape index (κ2) is 15.4. The number of rotatable bonds is 16. The molecular formula is C39H42N4O7. The molecular weight excluding hydrogens is 636 g/mol. The van der Waals surface area contributed by atoms with Crippen LogP contribution in [0.1, 0.15) is 46.4 Å². The number of hydrogen-bond donors (Lipinski definition) is 0. The lowest BCUT2D eigenvalue weighted by atomic mass is 9.92. The second-order valence-corrected chi connectivity index (χ2v) is 12.9. The molecule has 260 valence electrons. The van der Waals surface area contributed by atoms with Crippen molar-refractivity contribution in [3.05, 3.63) is 84.3 Å². The highest BCUT2D eigenvalue weighted by molar-refractivity contribution is 6.08. The van der Waals surface area contributed by atoms with Gasteiger partial charge in [-0.3, -0.25) is 9.78 Å². The third-order valence-corrected chi connectivity index (χ3v) is 9.57. The van der Waals surface area contributed by atoms with Crippen molar-refractivity contribution in [1.29, 1.82) is 0 Å². The summed E-state index contributed by atoms with van der Waals surface area (Å²) in [5.74, 6) is 0.124. The van der Waals surface area contributed by atoms with Crippen molar-refractivity contribution in [3.8, 4) is 17.0 Å². The monoisotopic (exact) mass is 678 g/mol. The lowest BCUT2D eigenvalue weighted by Crippen LogP contribution is -2.52. The van der Waals surface area contributed by atoms with Gasteiger partial charge in [-0.05, 0) is 54.8 Å². The van der Waals surface area contributed by atoms with E-state index in [1.807, 2.05) is 36.8 Å². The number of benzene rings is 2. The van der Waals surface area contributed by atoms with Crippen LogP contribution in [0.4, 0.5) is 5.69 Å². The van der Waals surface area contributed by atoms with Crippen molar-refractivity contribution < 1.29 is 33.3 Å². The fourth-order valence-corrected chi connectivity index (χ4v) is 6.59. The van der Waals surface area contributed by atoms with Gasteiger partial charge in [0.25, 0.3) is 0 Å². The van der Waals surface area contributed by atoms with Crippen LogP contribution in [0.3, 0.4) is 0 Å². The lowest BCUT2D eigenvalue weighted by Gasteiger charge is -2.40. The molecule has 2 aromatic carbocycles. The Morgan fingerprint density at radius 3 is 2.36 bits per heavy atom. The van der Waals surface area contributed by atoms with E-state index in [0.717, 1.165) is 61.0 Å². The molecule has 3 aromatic heterocycles. The summed E-state index contributed by atoms with van der Waals surface area (Å²) in [7, 11) is 3.39. The van der Waals surface area contributed by atoms with Crippen LogP contribution in [0.25, 0.3) is 32.9 Å². The smallest absolute Gasteiger partial charge is 0.338 e. The summed E-state index contributed by atoms with van der Waals surface area (Å²) in [6, 6.07) is 17.7. The van der Waals surface area contributed by atoms with Crippen molar-refractivity contribution in [2.45, 2.75) is 44.0 Å². The molecule has 0 N–H and O–H groups in total. The number of methoxy groups -OCH3 is 1. The Morgan fingerprint density at radius 2 is 1.62 bits per heavy atom. The molecule has 1 saturated heterocycles. The fraction of sp³-hybridized carbons (Fsp3) is 0.385. The van der Waals surface area contributed by atoms with Gasteiger partial charge in [-0.1, -0.05) is 12.1 Å². The number of esters is 1. The number of ether oxygens (including phenoxy) is 5. The molecule has 0 spiro atoms. The van der Waals surface area contributed by atoms with Crippen molar-refractivity contribution in [2.75, 3.05) is 51.5 Å².